The van der Waals surface area contributed by atoms with Crippen LogP contribution in [0.15, 0.2) is 29.3 Å². The van der Waals surface area contributed by atoms with Gasteiger partial charge in [0.05, 0.1) is 13.2 Å². The molecule has 0 aliphatic carbocycles. The van der Waals surface area contributed by atoms with Crippen LogP contribution in [0.25, 0.3) is 0 Å². The Hall–Kier alpha value is -1.39. The molecule has 1 atom stereocenters. The maximum absolute atomic E-state index is 12.1. The summed E-state index contributed by atoms with van der Waals surface area (Å²) >= 11 is 0. The highest BCUT2D eigenvalue weighted by atomic mass is 127. The maximum atomic E-state index is 12.1. The molecule has 0 saturated carbocycles. The zero-order valence-electron chi connectivity index (χ0n) is 17.5. The molecule has 1 saturated heterocycles. The number of carbonyl (C=O) groups excluding carboxylic acids is 1. The summed E-state index contributed by atoms with van der Waals surface area (Å²) in [6.07, 6.45) is 1.99. The van der Waals surface area contributed by atoms with Crippen LogP contribution in [0.5, 0.6) is 0 Å². The maximum Gasteiger partial charge on any atom is 0.251 e. The predicted octanol–water partition coefficient (Wildman–Crippen LogP) is 2.34. The van der Waals surface area contributed by atoms with Crippen molar-refractivity contribution in [3.63, 3.8) is 0 Å². The number of halogens is 1. The van der Waals surface area contributed by atoms with Crippen molar-refractivity contribution in [1.29, 1.82) is 0 Å². The molecule has 8 heteroatoms. The molecule has 7 nitrogen and oxygen atoms in total. The van der Waals surface area contributed by atoms with Crippen LogP contribution < -0.4 is 16.0 Å². The molecule has 0 aromatic heterocycles. The Morgan fingerprint density at radius 1 is 1.28 bits per heavy atom. The SMILES string of the molecule is CCNC(=NCCCOCC1CCOC1)NCCNC(=O)c1cccc(C)c1.I. The van der Waals surface area contributed by atoms with Crippen molar-refractivity contribution >= 4 is 35.8 Å². The number of nitrogens with one attached hydrogen (secondary N) is 3. The van der Waals surface area contributed by atoms with Crippen LogP contribution in [-0.2, 0) is 9.47 Å². The van der Waals surface area contributed by atoms with E-state index in [1.54, 1.807) is 0 Å². The Kier molecular flexibility index (Phi) is 13.7. The zero-order chi connectivity index (χ0) is 20.0. The second-order valence-electron chi connectivity index (χ2n) is 6.97. The van der Waals surface area contributed by atoms with Crippen LogP contribution in [0.2, 0.25) is 0 Å². The van der Waals surface area contributed by atoms with Gasteiger partial charge in [-0.15, -0.1) is 24.0 Å². The van der Waals surface area contributed by atoms with Crippen molar-refractivity contribution in [2.45, 2.75) is 26.7 Å². The van der Waals surface area contributed by atoms with Gasteiger partial charge in [-0.3, -0.25) is 9.79 Å². The lowest BCUT2D eigenvalue weighted by atomic mass is 10.1. The van der Waals surface area contributed by atoms with Crippen molar-refractivity contribution in [3.8, 4) is 0 Å². The molecule has 164 valence electrons. The fraction of sp³-hybridized carbons (Fsp3) is 0.619. The van der Waals surface area contributed by atoms with Gasteiger partial charge < -0.3 is 25.4 Å². The van der Waals surface area contributed by atoms with Crippen molar-refractivity contribution in [1.82, 2.24) is 16.0 Å². The van der Waals surface area contributed by atoms with Crippen LogP contribution in [0.1, 0.15) is 35.7 Å². The second kappa shape index (κ2) is 15.4. The highest BCUT2D eigenvalue weighted by Gasteiger charge is 2.15. The van der Waals surface area contributed by atoms with E-state index >= 15 is 0 Å². The van der Waals surface area contributed by atoms with Crippen LogP contribution in [-0.4, -0.2) is 64.5 Å². The summed E-state index contributed by atoms with van der Waals surface area (Å²) in [5.74, 6) is 1.26. The number of aliphatic imine (C=N–C) groups is 1. The van der Waals surface area contributed by atoms with Crippen LogP contribution >= 0.6 is 24.0 Å². The van der Waals surface area contributed by atoms with E-state index < -0.39 is 0 Å². The number of guanidine groups is 1. The molecule has 1 fully saturated rings. The van der Waals surface area contributed by atoms with E-state index in [4.69, 9.17) is 9.47 Å². The first-order valence-corrected chi connectivity index (χ1v) is 10.2. The summed E-state index contributed by atoms with van der Waals surface area (Å²) in [5, 5.41) is 9.38. The second-order valence-corrected chi connectivity index (χ2v) is 6.97. The minimum Gasteiger partial charge on any atom is -0.381 e. The Balaban J connectivity index is 0.00000420. The topological polar surface area (TPSA) is 84.0 Å². The van der Waals surface area contributed by atoms with Gasteiger partial charge >= 0.3 is 0 Å². The third-order valence-corrected chi connectivity index (χ3v) is 4.42. The number of amides is 1. The summed E-state index contributed by atoms with van der Waals surface area (Å²) in [7, 11) is 0. The van der Waals surface area contributed by atoms with Gasteiger partial charge in [0.15, 0.2) is 5.96 Å². The summed E-state index contributed by atoms with van der Waals surface area (Å²) in [6.45, 7) is 9.83. The van der Waals surface area contributed by atoms with Crippen molar-refractivity contribution in [2.24, 2.45) is 10.9 Å². The molecule has 1 aromatic rings. The molecule has 0 bridgehead atoms. The molecule has 1 amide bonds. The lowest BCUT2D eigenvalue weighted by Crippen LogP contribution is -2.41. The highest BCUT2D eigenvalue weighted by molar-refractivity contribution is 14.0. The van der Waals surface area contributed by atoms with Crippen molar-refractivity contribution in [2.75, 3.05) is 52.6 Å². The number of nitrogens with zero attached hydrogens (tertiary/aromatic N) is 1. The average Bonchev–Trinajstić information content (AvgIpc) is 3.21. The summed E-state index contributed by atoms with van der Waals surface area (Å²) < 4.78 is 11.0. The summed E-state index contributed by atoms with van der Waals surface area (Å²) in [4.78, 5) is 16.7. The van der Waals surface area contributed by atoms with Crippen LogP contribution in [0.4, 0.5) is 0 Å². The number of hydrogen-bond donors (Lipinski definition) is 3. The molecule has 1 aliphatic heterocycles. The number of aryl methyl sites for hydroxylation is 1. The van der Waals surface area contributed by atoms with Gasteiger partial charge in [-0.25, -0.2) is 0 Å². The van der Waals surface area contributed by atoms with Gasteiger partial charge in [0, 0.05) is 50.9 Å². The third-order valence-electron chi connectivity index (χ3n) is 4.42. The molecule has 29 heavy (non-hydrogen) atoms. The monoisotopic (exact) mass is 518 g/mol. The van der Waals surface area contributed by atoms with E-state index in [-0.39, 0.29) is 29.9 Å². The molecule has 0 radical (unpaired) electrons. The molecular formula is C21H35IN4O3. The van der Waals surface area contributed by atoms with E-state index in [9.17, 15) is 4.79 Å². The van der Waals surface area contributed by atoms with E-state index in [0.29, 0.717) is 37.7 Å². The minimum atomic E-state index is -0.0581. The van der Waals surface area contributed by atoms with E-state index in [1.807, 2.05) is 38.1 Å². The average molecular weight is 518 g/mol. The third kappa shape index (κ3) is 10.8. The first kappa shape index (κ1) is 25.6. The van der Waals surface area contributed by atoms with E-state index in [1.165, 1.54) is 0 Å². The summed E-state index contributed by atoms with van der Waals surface area (Å²) in [6, 6.07) is 7.58. The first-order chi connectivity index (χ1) is 13.7. The first-order valence-electron chi connectivity index (χ1n) is 10.2. The number of rotatable bonds is 11. The Morgan fingerprint density at radius 2 is 2.10 bits per heavy atom. The minimum absolute atomic E-state index is 0. The number of benzene rings is 1. The van der Waals surface area contributed by atoms with Crippen molar-refractivity contribution < 1.29 is 14.3 Å². The molecule has 1 aliphatic rings. The fourth-order valence-corrected chi connectivity index (χ4v) is 2.91. The Labute approximate surface area is 191 Å². The molecular weight excluding hydrogens is 483 g/mol. The fourth-order valence-electron chi connectivity index (χ4n) is 2.91. The van der Waals surface area contributed by atoms with Gasteiger partial charge in [-0.1, -0.05) is 17.7 Å². The molecule has 1 heterocycles. The lowest BCUT2D eigenvalue weighted by molar-refractivity contribution is 0.0893. The largest absolute Gasteiger partial charge is 0.381 e. The molecule has 2 rings (SSSR count). The molecule has 1 aromatic carbocycles. The highest BCUT2D eigenvalue weighted by Crippen LogP contribution is 2.12. The Morgan fingerprint density at radius 3 is 2.83 bits per heavy atom. The smallest absolute Gasteiger partial charge is 0.251 e. The normalized spacial score (nSPS) is 16.2. The standard InChI is InChI=1S/C21H34N4O3.HI/c1-3-22-21(24-9-5-12-27-15-18-8-13-28-16-18)25-11-10-23-20(26)19-7-4-6-17(2)14-19;/h4,6-7,14,18H,3,5,8-13,15-16H2,1-2H3,(H,23,26)(H2,22,24,25);1H. The van der Waals surface area contributed by atoms with Crippen molar-refractivity contribution in [3.05, 3.63) is 35.4 Å². The van der Waals surface area contributed by atoms with Crippen LogP contribution in [0, 0.1) is 12.8 Å². The number of hydrogen-bond acceptors (Lipinski definition) is 4. The molecule has 0 spiro atoms. The number of ether oxygens (including phenoxy) is 2. The quantitative estimate of drug-likeness (QED) is 0.181. The Bertz CT molecular complexity index is 622. The molecule has 3 N–H and O–H groups in total. The van der Waals surface area contributed by atoms with Gasteiger partial charge in [0.2, 0.25) is 0 Å². The van der Waals surface area contributed by atoms with Crippen LogP contribution in [0.3, 0.4) is 0 Å². The molecule has 1 unspecified atom stereocenters. The number of carbonyl (C=O) groups is 1. The van der Waals surface area contributed by atoms with Gasteiger partial charge in [-0.2, -0.15) is 0 Å². The van der Waals surface area contributed by atoms with Gasteiger partial charge in [0.25, 0.3) is 5.91 Å². The van der Waals surface area contributed by atoms with E-state index in [2.05, 4.69) is 20.9 Å². The van der Waals surface area contributed by atoms with Gasteiger partial charge in [0.1, 0.15) is 0 Å². The van der Waals surface area contributed by atoms with E-state index in [0.717, 1.165) is 50.7 Å². The summed E-state index contributed by atoms with van der Waals surface area (Å²) in [5.41, 5.74) is 1.76. The van der Waals surface area contributed by atoms with Gasteiger partial charge in [-0.05, 0) is 38.8 Å². The predicted molar refractivity (Wildman–Crippen MR) is 127 cm³/mol. The zero-order valence-corrected chi connectivity index (χ0v) is 19.9. The lowest BCUT2D eigenvalue weighted by Gasteiger charge is -2.12.